The molecule has 1 aromatic heterocycles. The largest absolute Gasteiger partial charge is 0.355 e. The fourth-order valence-corrected chi connectivity index (χ4v) is 6.69. The van der Waals surface area contributed by atoms with Crippen molar-refractivity contribution in [2.75, 3.05) is 31.1 Å². The molecule has 29 heavy (non-hydrogen) atoms. The lowest BCUT2D eigenvalue weighted by molar-refractivity contribution is 0.182. The van der Waals surface area contributed by atoms with Crippen LogP contribution in [0.3, 0.4) is 0 Å². The van der Waals surface area contributed by atoms with Crippen LogP contribution in [0.4, 0.5) is 5.82 Å². The molecule has 2 fully saturated rings. The summed E-state index contributed by atoms with van der Waals surface area (Å²) in [5.41, 5.74) is 0. The summed E-state index contributed by atoms with van der Waals surface area (Å²) in [6.07, 6.45) is 9.28. The van der Waals surface area contributed by atoms with E-state index >= 15 is 0 Å². The normalized spacial score (nSPS) is 22.4. The Hall–Kier alpha value is -1.18. The van der Waals surface area contributed by atoms with Gasteiger partial charge in [-0.05, 0) is 78.6 Å². The predicted molar refractivity (Wildman–Crippen MR) is 119 cm³/mol. The maximum atomic E-state index is 13.1. The molecule has 3 rings (SSSR count). The summed E-state index contributed by atoms with van der Waals surface area (Å²) >= 11 is 0. The minimum Gasteiger partial charge on any atom is -0.355 e. The van der Waals surface area contributed by atoms with Gasteiger partial charge in [-0.2, -0.15) is 4.31 Å². The molecule has 7 heteroatoms. The van der Waals surface area contributed by atoms with E-state index in [1.807, 2.05) is 33.8 Å². The number of pyridine rings is 1. The van der Waals surface area contributed by atoms with Crippen molar-refractivity contribution in [2.45, 2.75) is 89.2 Å². The van der Waals surface area contributed by atoms with E-state index in [2.05, 4.69) is 14.8 Å². The molecule has 3 heterocycles. The average molecular weight is 423 g/mol. The number of anilines is 1. The Balaban J connectivity index is 1.72. The molecule has 0 aromatic carbocycles. The summed E-state index contributed by atoms with van der Waals surface area (Å²) < 4.78 is 27.7. The van der Waals surface area contributed by atoms with Crippen molar-refractivity contribution in [3.8, 4) is 0 Å². The third kappa shape index (κ3) is 5.30. The molecule has 0 radical (unpaired) electrons. The highest BCUT2D eigenvalue weighted by atomic mass is 32.2. The topological polar surface area (TPSA) is 56.8 Å². The van der Waals surface area contributed by atoms with Crippen molar-refractivity contribution in [2.24, 2.45) is 0 Å². The summed E-state index contributed by atoms with van der Waals surface area (Å²) in [5, 5.41) is 0. The molecule has 1 atom stereocenters. The Bertz CT molecular complexity index is 733. The summed E-state index contributed by atoms with van der Waals surface area (Å²) in [6.45, 7) is 12.1. The summed E-state index contributed by atoms with van der Waals surface area (Å²) in [5.74, 6) is 0.893. The van der Waals surface area contributed by atoms with Crippen LogP contribution in [0.2, 0.25) is 0 Å². The first-order valence-corrected chi connectivity index (χ1v) is 12.7. The summed E-state index contributed by atoms with van der Waals surface area (Å²) in [4.78, 5) is 9.85. The molecule has 164 valence electrons. The van der Waals surface area contributed by atoms with Gasteiger partial charge in [0.1, 0.15) is 10.7 Å². The number of hydrogen-bond donors (Lipinski definition) is 0. The van der Waals surface area contributed by atoms with Gasteiger partial charge in [0.2, 0.25) is 10.0 Å². The third-order valence-electron chi connectivity index (χ3n) is 6.19. The maximum Gasteiger partial charge on any atom is 0.245 e. The third-order valence-corrected chi connectivity index (χ3v) is 8.43. The number of sulfonamides is 1. The van der Waals surface area contributed by atoms with Gasteiger partial charge >= 0.3 is 0 Å². The molecule has 2 aliphatic rings. The fraction of sp³-hybridized carbons (Fsp3) is 0.773. The molecule has 0 saturated carbocycles. The van der Waals surface area contributed by atoms with E-state index in [1.165, 1.54) is 51.4 Å². The number of hydrogen-bond acceptors (Lipinski definition) is 5. The van der Waals surface area contributed by atoms with Gasteiger partial charge in [0.15, 0.2) is 0 Å². The Morgan fingerprint density at radius 1 is 0.966 bits per heavy atom. The van der Waals surface area contributed by atoms with E-state index in [4.69, 9.17) is 0 Å². The lowest BCUT2D eigenvalue weighted by Gasteiger charge is -2.39. The highest BCUT2D eigenvalue weighted by molar-refractivity contribution is 7.89. The molecule has 2 aliphatic heterocycles. The second-order valence-electron chi connectivity index (χ2n) is 9.07. The molecule has 6 nitrogen and oxygen atoms in total. The van der Waals surface area contributed by atoms with E-state index in [1.54, 1.807) is 10.4 Å². The van der Waals surface area contributed by atoms with Gasteiger partial charge in [0.25, 0.3) is 0 Å². The van der Waals surface area contributed by atoms with Crippen molar-refractivity contribution in [3.05, 3.63) is 18.3 Å². The molecule has 0 aliphatic carbocycles. The number of piperidine rings is 1. The van der Waals surface area contributed by atoms with E-state index in [-0.39, 0.29) is 17.0 Å². The minimum atomic E-state index is -3.53. The standard InChI is InChI=1S/C22H38N4O2S/c1-18(2)26(19(3)4)29(27,28)21-11-12-22(23-16-21)25-15-9-10-20(17-25)24-13-7-5-6-8-14-24/h11-12,16,18-20H,5-10,13-15,17H2,1-4H3. The summed E-state index contributed by atoms with van der Waals surface area (Å²) in [6, 6.07) is 4.03. The van der Waals surface area contributed by atoms with Crippen LogP contribution in [-0.2, 0) is 10.0 Å². The number of aromatic nitrogens is 1. The van der Waals surface area contributed by atoms with Crippen molar-refractivity contribution < 1.29 is 8.42 Å². The van der Waals surface area contributed by atoms with Crippen molar-refractivity contribution in [1.82, 2.24) is 14.2 Å². The SMILES string of the molecule is CC(C)N(C(C)C)S(=O)(=O)c1ccc(N2CCCC(N3CCCCCC3)C2)nc1. The molecule has 1 aromatic rings. The number of rotatable bonds is 6. The lowest BCUT2D eigenvalue weighted by atomic mass is 10.0. The van der Waals surface area contributed by atoms with Crippen LogP contribution in [0.1, 0.15) is 66.2 Å². The van der Waals surface area contributed by atoms with Crippen LogP contribution in [0.5, 0.6) is 0 Å². The van der Waals surface area contributed by atoms with Crippen LogP contribution in [0, 0.1) is 0 Å². The van der Waals surface area contributed by atoms with E-state index in [0.717, 1.165) is 25.3 Å². The molecule has 0 spiro atoms. The first kappa shape index (κ1) is 22.5. The second-order valence-corrected chi connectivity index (χ2v) is 10.9. The van der Waals surface area contributed by atoms with Gasteiger partial charge in [-0.25, -0.2) is 13.4 Å². The van der Waals surface area contributed by atoms with E-state index in [9.17, 15) is 8.42 Å². The molecule has 0 amide bonds. The Kier molecular flexibility index (Phi) is 7.57. The first-order chi connectivity index (χ1) is 13.8. The van der Waals surface area contributed by atoms with Crippen molar-refractivity contribution in [3.63, 3.8) is 0 Å². The van der Waals surface area contributed by atoms with Gasteiger partial charge in [-0.3, -0.25) is 4.90 Å². The van der Waals surface area contributed by atoms with Crippen LogP contribution in [0.15, 0.2) is 23.2 Å². The van der Waals surface area contributed by atoms with Gasteiger partial charge in [-0.1, -0.05) is 12.8 Å². The fourth-order valence-electron chi connectivity index (χ4n) is 4.91. The Labute approximate surface area is 177 Å². The van der Waals surface area contributed by atoms with E-state index in [0.29, 0.717) is 6.04 Å². The van der Waals surface area contributed by atoms with Crippen molar-refractivity contribution >= 4 is 15.8 Å². The highest BCUT2D eigenvalue weighted by Crippen LogP contribution is 2.25. The van der Waals surface area contributed by atoms with Gasteiger partial charge < -0.3 is 4.90 Å². The molecule has 0 bridgehead atoms. The lowest BCUT2D eigenvalue weighted by Crippen LogP contribution is -2.48. The zero-order valence-corrected chi connectivity index (χ0v) is 19.4. The van der Waals surface area contributed by atoms with Gasteiger partial charge in [0, 0.05) is 37.4 Å². The number of nitrogens with zero attached hydrogens (tertiary/aromatic N) is 4. The highest BCUT2D eigenvalue weighted by Gasteiger charge is 2.30. The molecule has 2 saturated heterocycles. The summed E-state index contributed by atoms with van der Waals surface area (Å²) in [7, 11) is -3.53. The van der Waals surface area contributed by atoms with Crippen LogP contribution in [-0.4, -0.2) is 66.9 Å². The average Bonchev–Trinajstić information content (AvgIpc) is 2.97. The van der Waals surface area contributed by atoms with E-state index < -0.39 is 10.0 Å². The maximum absolute atomic E-state index is 13.1. The smallest absolute Gasteiger partial charge is 0.245 e. The molecule has 0 N–H and O–H groups in total. The molecule has 1 unspecified atom stereocenters. The van der Waals surface area contributed by atoms with Crippen LogP contribution >= 0.6 is 0 Å². The van der Waals surface area contributed by atoms with Gasteiger partial charge in [0.05, 0.1) is 0 Å². The van der Waals surface area contributed by atoms with Crippen LogP contribution < -0.4 is 4.90 Å². The Morgan fingerprint density at radius 3 is 2.17 bits per heavy atom. The van der Waals surface area contributed by atoms with Crippen molar-refractivity contribution in [1.29, 1.82) is 0 Å². The molecular weight excluding hydrogens is 384 g/mol. The Morgan fingerprint density at radius 2 is 1.62 bits per heavy atom. The van der Waals surface area contributed by atoms with Gasteiger partial charge in [-0.15, -0.1) is 0 Å². The second kappa shape index (κ2) is 9.75. The first-order valence-electron chi connectivity index (χ1n) is 11.3. The molecular formula is C22H38N4O2S. The zero-order chi connectivity index (χ0) is 21.0. The minimum absolute atomic E-state index is 0.0869. The zero-order valence-electron chi connectivity index (χ0n) is 18.5. The monoisotopic (exact) mass is 422 g/mol. The van der Waals surface area contributed by atoms with Crippen LogP contribution in [0.25, 0.3) is 0 Å². The quantitative estimate of drug-likeness (QED) is 0.699. The number of likely N-dealkylation sites (tertiary alicyclic amines) is 1. The predicted octanol–water partition coefficient (Wildman–Crippen LogP) is 3.73.